The zero-order valence-electron chi connectivity index (χ0n) is 8.70. The van der Waals surface area contributed by atoms with Gasteiger partial charge in [0, 0.05) is 19.3 Å². The molecule has 0 saturated carbocycles. The van der Waals surface area contributed by atoms with Crippen LogP contribution in [0.15, 0.2) is 12.3 Å². The molecule has 0 spiro atoms. The molecule has 1 aliphatic heterocycles. The monoisotopic (exact) mass is 195 g/mol. The number of rotatable bonds is 1. The Hall–Kier alpha value is -0.870. The fraction of sp³-hybridized carbons (Fsp3) is 0.700. The van der Waals surface area contributed by atoms with Gasteiger partial charge in [0.25, 0.3) is 0 Å². The minimum Gasteiger partial charge on any atom is -0.383 e. The zero-order chi connectivity index (χ0) is 10.2. The predicted octanol–water partition coefficient (Wildman–Crippen LogP) is 0.380. The summed E-state index contributed by atoms with van der Waals surface area (Å²) in [6.07, 6.45) is 3.36. The Kier molecular flexibility index (Phi) is 2.33. The summed E-state index contributed by atoms with van der Waals surface area (Å²) in [5.41, 5.74) is 0.0692. The highest BCUT2D eigenvalue weighted by atomic mass is 16.3. The van der Waals surface area contributed by atoms with Gasteiger partial charge >= 0.3 is 0 Å². The summed E-state index contributed by atoms with van der Waals surface area (Å²) < 4.78 is 1.74. The molecule has 0 bridgehead atoms. The highest BCUT2D eigenvalue weighted by Gasteiger charge is 2.35. The van der Waals surface area contributed by atoms with Crippen LogP contribution in [0.2, 0.25) is 0 Å². The van der Waals surface area contributed by atoms with Gasteiger partial charge < -0.3 is 10.4 Å². The smallest absolute Gasteiger partial charge is 0.111 e. The summed E-state index contributed by atoms with van der Waals surface area (Å²) in [6.45, 7) is 2.95. The highest BCUT2D eigenvalue weighted by Crippen LogP contribution is 2.30. The zero-order valence-corrected chi connectivity index (χ0v) is 8.70. The Morgan fingerprint density at radius 1 is 1.71 bits per heavy atom. The molecule has 78 valence electrons. The third kappa shape index (κ3) is 1.67. The van der Waals surface area contributed by atoms with Crippen LogP contribution in [0.4, 0.5) is 0 Å². The van der Waals surface area contributed by atoms with Crippen LogP contribution in [0.1, 0.15) is 25.5 Å². The van der Waals surface area contributed by atoms with Crippen molar-refractivity contribution in [3.8, 4) is 0 Å². The molecular weight excluding hydrogens is 178 g/mol. The largest absolute Gasteiger partial charge is 0.383 e. The first-order valence-electron chi connectivity index (χ1n) is 5.06. The van der Waals surface area contributed by atoms with Crippen molar-refractivity contribution in [2.75, 3.05) is 6.54 Å². The maximum absolute atomic E-state index is 10.4. The van der Waals surface area contributed by atoms with E-state index in [1.165, 1.54) is 0 Å². The number of aliphatic hydroxyl groups is 1. The van der Waals surface area contributed by atoms with E-state index in [0.29, 0.717) is 6.04 Å². The van der Waals surface area contributed by atoms with E-state index in [0.717, 1.165) is 25.1 Å². The van der Waals surface area contributed by atoms with Gasteiger partial charge in [-0.3, -0.25) is 4.68 Å². The number of aryl methyl sites for hydroxylation is 1. The molecule has 0 aromatic carbocycles. The van der Waals surface area contributed by atoms with Crippen molar-refractivity contribution in [1.82, 2.24) is 15.1 Å². The van der Waals surface area contributed by atoms with E-state index in [1.807, 2.05) is 19.3 Å². The van der Waals surface area contributed by atoms with E-state index < -0.39 is 5.60 Å². The van der Waals surface area contributed by atoms with Gasteiger partial charge in [-0.15, -0.1) is 0 Å². The standard InChI is InChI=1S/C10H17N3O/c1-8-7-10(14,4-5-11-8)9-3-6-13(2)12-9/h3,6,8,11,14H,4-5,7H2,1-2H3. The number of piperidine rings is 1. The highest BCUT2D eigenvalue weighted by molar-refractivity contribution is 5.12. The van der Waals surface area contributed by atoms with Gasteiger partial charge in [-0.2, -0.15) is 5.10 Å². The summed E-state index contributed by atoms with van der Waals surface area (Å²) in [5.74, 6) is 0. The van der Waals surface area contributed by atoms with E-state index in [-0.39, 0.29) is 0 Å². The normalized spacial score (nSPS) is 33.2. The van der Waals surface area contributed by atoms with Crippen LogP contribution in [0.25, 0.3) is 0 Å². The van der Waals surface area contributed by atoms with Crippen LogP contribution >= 0.6 is 0 Å². The van der Waals surface area contributed by atoms with Crippen molar-refractivity contribution < 1.29 is 5.11 Å². The third-order valence-electron chi connectivity index (χ3n) is 2.87. The minimum atomic E-state index is -0.730. The number of aromatic nitrogens is 2. The lowest BCUT2D eigenvalue weighted by molar-refractivity contribution is -0.0108. The van der Waals surface area contributed by atoms with Gasteiger partial charge in [0.15, 0.2) is 0 Å². The molecule has 1 fully saturated rings. The third-order valence-corrected chi connectivity index (χ3v) is 2.87. The molecule has 2 atom stereocenters. The Labute approximate surface area is 83.9 Å². The number of hydrogen-bond acceptors (Lipinski definition) is 3. The molecule has 1 aromatic heterocycles. The van der Waals surface area contributed by atoms with Crippen molar-refractivity contribution in [2.45, 2.75) is 31.4 Å². The second kappa shape index (κ2) is 3.37. The maximum Gasteiger partial charge on any atom is 0.111 e. The second-order valence-corrected chi connectivity index (χ2v) is 4.22. The number of hydrogen-bond donors (Lipinski definition) is 2. The predicted molar refractivity (Wildman–Crippen MR) is 53.8 cm³/mol. The summed E-state index contributed by atoms with van der Waals surface area (Å²) in [6, 6.07) is 2.26. The van der Waals surface area contributed by atoms with Crippen molar-refractivity contribution in [2.24, 2.45) is 7.05 Å². The lowest BCUT2D eigenvalue weighted by atomic mass is 9.86. The SMILES string of the molecule is CC1CC(O)(c2ccn(C)n2)CCN1. The van der Waals surface area contributed by atoms with Gasteiger partial charge in [0.05, 0.1) is 5.69 Å². The van der Waals surface area contributed by atoms with Crippen LogP contribution < -0.4 is 5.32 Å². The molecule has 0 amide bonds. The molecule has 2 N–H and O–H groups in total. The molecule has 1 saturated heterocycles. The van der Waals surface area contributed by atoms with Crippen LogP contribution in [0.5, 0.6) is 0 Å². The van der Waals surface area contributed by atoms with Crippen molar-refractivity contribution in [3.63, 3.8) is 0 Å². The Bertz CT molecular complexity index is 323. The van der Waals surface area contributed by atoms with E-state index >= 15 is 0 Å². The summed E-state index contributed by atoms with van der Waals surface area (Å²) in [7, 11) is 1.87. The fourth-order valence-electron chi connectivity index (χ4n) is 2.10. The van der Waals surface area contributed by atoms with Gasteiger partial charge in [-0.1, -0.05) is 0 Å². The van der Waals surface area contributed by atoms with Gasteiger partial charge in [-0.25, -0.2) is 0 Å². The molecular formula is C10H17N3O. The Morgan fingerprint density at radius 3 is 3.07 bits per heavy atom. The second-order valence-electron chi connectivity index (χ2n) is 4.22. The molecule has 14 heavy (non-hydrogen) atoms. The van der Waals surface area contributed by atoms with Gasteiger partial charge in [0.1, 0.15) is 5.60 Å². The first kappa shape index (κ1) is 9.68. The lowest BCUT2D eigenvalue weighted by Gasteiger charge is -2.34. The van der Waals surface area contributed by atoms with E-state index in [2.05, 4.69) is 17.3 Å². The summed E-state index contributed by atoms with van der Waals surface area (Å²) >= 11 is 0. The quantitative estimate of drug-likeness (QED) is 0.681. The van der Waals surface area contributed by atoms with Crippen molar-refractivity contribution in [1.29, 1.82) is 0 Å². The van der Waals surface area contributed by atoms with Gasteiger partial charge in [-0.05, 0) is 32.4 Å². The van der Waals surface area contributed by atoms with Crippen molar-refractivity contribution in [3.05, 3.63) is 18.0 Å². The number of nitrogens with one attached hydrogen (secondary N) is 1. The van der Waals surface area contributed by atoms with Crippen LogP contribution in [-0.4, -0.2) is 27.5 Å². The van der Waals surface area contributed by atoms with E-state index in [4.69, 9.17) is 0 Å². The Balaban J connectivity index is 2.22. The van der Waals surface area contributed by atoms with Crippen LogP contribution in [0.3, 0.4) is 0 Å². The molecule has 0 radical (unpaired) electrons. The maximum atomic E-state index is 10.4. The first-order valence-corrected chi connectivity index (χ1v) is 5.06. The minimum absolute atomic E-state index is 0.357. The van der Waals surface area contributed by atoms with E-state index in [1.54, 1.807) is 4.68 Å². The van der Waals surface area contributed by atoms with Crippen LogP contribution in [-0.2, 0) is 12.6 Å². The average molecular weight is 195 g/mol. The van der Waals surface area contributed by atoms with Crippen molar-refractivity contribution >= 4 is 0 Å². The molecule has 4 heteroatoms. The summed E-state index contributed by atoms with van der Waals surface area (Å²) in [5, 5.41) is 18.0. The Morgan fingerprint density at radius 2 is 2.50 bits per heavy atom. The van der Waals surface area contributed by atoms with E-state index in [9.17, 15) is 5.11 Å². The molecule has 2 unspecified atom stereocenters. The molecule has 2 heterocycles. The molecule has 2 rings (SSSR count). The first-order chi connectivity index (χ1) is 6.60. The molecule has 0 aliphatic carbocycles. The molecule has 4 nitrogen and oxygen atoms in total. The topological polar surface area (TPSA) is 50.1 Å². The number of nitrogens with zero attached hydrogens (tertiary/aromatic N) is 2. The fourth-order valence-corrected chi connectivity index (χ4v) is 2.10. The average Bonchev–Trinajstić information content (AvgIpc) is 2.52. The summed E-state index contributed by atoms with van der Waals surface area (Å²) in [4.78, 5) is 0. The molecule has 1 aromatic rings. The van der Waals surface area contributed by atoms with Crippen LogP contribution in [0, 0.1) is 0 Å². The molecule has 1 aliphatic rings. The van der Waals surface area contributed by atoms with Gasteiger partial charge in [0.2, 0.25) is 0 Å². The lowest BCUT2D eigenvalue weighted by Crippen LogP contribution is -2.45.